The second kappa shape index (κ2) is 7.87. The minimum atomic E-state index is -0.337. The number of hydrogen-bond donors (Lipinski definition) is 2. The molecule has 1 aromatic carbocycles. The molecular formula is C19H27N3O3. The number of likely N-dealkylation sites (tertiary alicyclic amines) is 1. The van der Waals surface area contributed by atoms with E-state index in [-0.39, 0.29) is 30.3 Å². The minimum absolute atomic E-state index is 0.0636. The van der Waals surface area contributed by atoms with Crippen LogP contribution in [0.1, 0.15) is 42.9 Å². The quantitative estimate of drug-likeness (QED) is 0.844. The average molecular weight is 345 g/mol. The van der Waals surface area contributed by atoms with Gasteiger partial charge in [0.15, 0.2) is 0 Å². The fraction of sp³-hybridized carbons (Fsp3) is 0.579. The summed E-state index contributed by atoms with van der Waals surface area (Å²) in [5, 5.41) is 3.23. The maximum atomic E-state index is 12.8. The van der Waals surface area contributed by atoms with Gasteiger partial charge in [-0.2, -0.15) is 0 Å². The van der Waals surface area contributed by atoms with E-state index >= 15 is 0 Å². The van der Waals surface area contributed by atoms with Crippen LogP contribution in [0, 0.1) is 5.92 Å². The van der Waals surface area contributed by atoms with Crippen molar-refractivity contribution < 1.29 is 14.3 Å². The molecule has 6 heteroatoms. The van der Waals surface area contributed by atoms with Crippen molar-refractivity contribution in [3.05, 3.63) is 29.3 Å². The highest BCUT2D eigenvalue weighted by molar-refractivity contribution is 5.80. The fourth-order valence-corrected chi connectivity index (χ4v) is 3.99. The second-order valence-electron chi connectivity index (χ2n) is 7.06. The lowest BCUT2D eigenvalue weighted by molar-refractivity contribution is -0.129. The van der Waals surface area contributed by atoms with E-state index in [4.69, 9.17) is 10.5 Å². The van der Waals surface area contributed by atoms with Gasteiger partial charge in [-0.05, 0) is 61.9 Å². The molecular weight excluding hydrogens is 318 g/mol. The number of benzene rings is 1. The van der Waals surface area contributed by atoms with Crippen LogP contribution in [0.3, 0.4) is 0 Å². The van der Waals surface area contributed by atoms with Gasteiger partial charge in [0.1, 0.15) is 5.75 Å². The molecule has 0 spiro atoms. The molecule has 25 heavy (non-hydrogen) atoms. The number of methoxy groups -OCH3 is 1. The zero-order valence-electron chi connectivity index (χ0n) is 14.8. The van der Waals surface area contributed by atoms with E-state index < -0.39 is 0 Å². The topological polar surface area (TPSA) is 84.7 Å². The van der Waals surface area contributed by atoms with E-state index in [0.29, 0.717) is 6.54 Å². The zero-order chi connectivity index (χ0) is 17.8. The molecule has 0 saturated carbocycles. The summed E-state index contributed by atoms with van der Waals surface area (Å²) in [4.78, 5) is 25.9. The highest BCUT2D eigenvalue weighted by Crippen LogP contribution is 2.32. The number of nitrogens with zero attached hydrogens (tertiary/aromatic N) is 1. The number of carbonyl (C=O) groups excluding carboxylic acids is 2. The first kappa shape index (κ1) is 17.7. The number of ether oxygens (including phenoxy) is 1. The molecule has 3 rings (SSSR count). The third kappa shape index (κ3) is 4.31. The van der Waals surface area contributed by atoms with Gasteiger partial charge >= 0.3 is 0 Å². The number of amides is 2. The van der Waals surface area contributed by atoms with Crippen LogP contribution in [0.2, 0.25) is 0 Å². The van der Waals surface area contributed by atoms with Gasteiger partial charge in [-0.25, -0.2) is 0 Å². The van der Waals surface area contributed by atoms with E-state index in [1.54, 1.807) is 7.11 Å². The number of rotatable bonds is 5. The highest BCUT2D eigenvalue weighted by Gasteiger charge is 2.29. The Kier molecular flexibility index (Phi) is 5.58. The standard InChI is InChI=1S/C19H27N3O3/c1-25-15-7-8-16-13(10-15)4-2-6-17(16)21-19(24)14-5-3-9-22(11-14)12-18(20)23/h7-8,10,14,17H,2-6,9,11-12H2,1H3,(H2,20,23)(H,21,24). The van der Waals surface area contributed by atoms with Gasteiger partial charge in [-0.1, -0.05) is 6.07 Å². The maximum Gasteiger partial charge on any atom is 0.231 e. The normalized spacial score (nSPS) is 23.6. The summed E-state index contributed by atoms with van der Waals surface area (Å²) >= 11 is 0. The Balaban J connectivity index is 1.65. The smallest absolute Gasteiger partial charge is 0.231 e. The third-order valence-corrected chi connectivity index (χ3v) is 5.24. The number of carbonyl (C=O) groups is 2. The molecule has 136 valence electrons. The first-order valence-corrected chi connectivity index (χ1v) is 9.04. The Morgan fingerprint density at radius 2 is 2.16 bits per heavy atom. The number of primary amides is 1. The Labute approximate surface area is 148 Å². The van der Waals surface area contributed by atoms with Crippen molar-refractivity contribution in [2.45, 2.75) is 38.1 Å². The van der Waals surface area contributed by atoms with Crippen molar-refractivity contribution in [1.82, 2.24) is 10.2 Å². The van der Waals surface area contributed by atoms with E-state index in [0.717, 1.165) is 44.4 Å². The Bertz CT molecular complexity index is 647. The number of aryl methyl sites for hydroxylation is 1. The molecule has 0 aromatic heterocycles. The van der Waals surface area contributed by atoms with Crippen LogP contribution in [0.15, 0.2) is 18.2 Å². The van der Waals surface area contributed by atoms with E-state index in [2.05, 4.69) is 17.4 Å². The molecule has 2 amide bonds. The van der Waals surface area contributed by atoms with Crippen LogP contribution in [-0.2, 0) is 16.0 Å². The average Bonchev–Trinajstić information content (AvgIpc) is 2.61. The van der Waals surface area contributed by atoms with Crippen molar-refractivity contribution >= 4 is 11.8 Å². The molecule has 1 heterocycles. The fourth-order valence-electron chi connectivity index (χ4n) is 3.99. The molecule has 3 N–H and O–H groups in total. The number of piperidine rings is 1. The first-order chi connectivity index (χ1) is 12.1. The predicted molar refractivity (Wildman–Crippen MR) is 95.2 cm³/mol. The molecule has 0 radical (unpaired) electrons. The maximum absolute atomic E-state index is 12.8. The molecule has 6 nitrogen and oxygen atoms in total. The van der Waals surface area contributed by atoms with Gasteiger partial charge < -0.3 is 15.8 Å². The van der Waals surface area contributed by atoms with Crippen molar-refractivity contribution in [3.63, 3.8) is 0 Å². The Morgan fingerprint density at radius 3 is 2.92 bits per heavy atom. The molecule has 2 unspecified atom stereocenters. The van der Waals surface area contributed by atoms with Gasteiger partial charge in [0.2, 0.25) is 11.8 Å². The largest absolute Gasteiger partial charge is 0.497 e. The molecule has 1 aliphatic heterocycles. The summed E-state index contributed by atoms with van der Waals surface area (Å²) in [6, 6.07) is 6.16. The predicted octanol–water partition coefficient (Wildman–Crippen LogP) is 1.39. The van der Waals surface area contributed by atoms with E-state index in [1.165, 1.54) is 11.1 Å². The molecule has 0 bridgehead atoms. The summed E-state index contributed by atoms with van der Waals surface area (Å²) in [5.41, 5.74) is 7.74. The summed E-state index contributed by atoms with van der Waals surface area (Å²) in [6.07, 6.45) is 4.83. The molecule has 2 aliphatic rings. The third-order valence-electron chi connectivity index (χ3n) is 5.24. The molecule has 1 fully saturated rings. The second-order valence-corrected chi connectivity index (χ2v) is 7.06. The molecule has 1 aromatic rings. The van der Waals surface area contributed by atoms with Crippen LogP contribution < -0.4 is 15.8 Å². The minimum Gasteiger partial charge on any atom is -0.497 e. The number of nitrogens with one attached hydrogen (secondary N) is 1. The summed E-state index contributed by atoms with van der Waals surface area (Å²) in [7, 11) is 1.67. The lowest BCUT2D eigenvalue weighted by Gasteiger charge is -2.33. The number of hydrogen-bond acceptors (Lipinski definition) is 4. The van der Waals surface area contributed by atoms with Crippen LogP contribution in [0.5, 0.6) is 5.75 Å². The highest BCUT2D eigenvalue weighted by atomic mass is 16.5. The molecule has 1 aliphatic carbocycles. The zero-order valence-corrected chi connectivity index (χ0v) is 14.8. The first-order valence-electron chi connectivity index (χ1n) is 9.04. The Morgan fingerprint density at radius 1 is 1.32 bits per heavy atom. The molecule has 1 saturated heterocycles. The van der Waals surface area contributed by atoms with Crippen molar-refractivity contribution in [2.24, 2.45) is 11.7 Å². The van der Waals surface area contributed by atoms with Crippen molar-refractivity contribution in [1.29, 1.82) is 0 Å². The number of nitrogens with two attached hydrogens (primary N) is 1. The van der Waals surface area contributed by atoms with Gasteiger partial charge in [0.05, 0.1) is 25.6 Å². The summed E-state index contributed by atoms with van der Waals surface area (Å²) in [6.45, 7) is 1.67. The molecule has 2 atom stereocenters. The van der Waals surface area contributed by atoms with E-state index in [1.807, 2.05) is 11.0 Å². The van der Waals surface area contributed by atoms with Crippen LogP contribution in [0.4, 0.5) is 0 Å². The lowest BCUT2D eigenvalue weighted by atomic mass is 9.86. The Hall–Kier alpha value is -2.08. The van der Waals surface area contributed by atoms with Crippen LogP contribution >= 0.6 is 0 Å². The van der Waals surface area contributed by atoms with Crippen molar-refractivity contribution in [2.75, 3.05) is 26.7 Å². The lowest BCUT2D eigenvalue weighted by Crippen LogP contribution is -2.46. The summed E-state index contributed by atoms with van der Waals surface area (Å²) < 4.78 is 5.30. The summed E-state index contributed by atoms with van der Waals surface area (Å²) in [5.74, 6) is 0.538. The van der Waals surface area contributed by atoms with Crippen molar-refractivity contribution in [3.8, 4) is 5.75 Å². The SMILES string of the molecule is COc1ccc2c(c1)CCCC2NC(=O)C1CCCN(CC(N)=O)C1. The van der Waals surface area contributed by atoms with Gasteiger partial charge in [-0.15, -0.1) is 0 Å². The number of fused-ring (bicyclic) bond motifs is 1. The monoisotopic (exact) mass is 345 g/mol. The van der Waals surface area contributed by atoms with Crippen LogP contribution in [-0.4, -0.2) is 43.5 Å². The van der Waals surface area contributed by atoms with Gasteiger partial charge in [0, 0.05) is 6.54 Å². The van der Waals surface area contributed by atoms with Crippen LogP contribution in [0.25, 0.3) is 0 Å². The van der Waals surface area contributed by atoms with Gasteiger partial charge in [0.25, 0.3) is 0 Å². The van der Waals surface area contributed by atoms with E-state index in [9.17, 15) is 9.59 Å². The van der Waals surface area contributed by atoms with Gasteiger partial charge in [-0.3, -0.25) is 14.5 Å².